The van der Waals surface area contributed by atoms with E-state index in [1.165, 1.54) is 0 Å². The van der Waals surface area contributed by atoms with Gasteiger partial charge in [-0.05, 0) is 0 Å². The van der Waals surface area contributed by atoms with Gasteiger partial charge in [0.1, 0.15) is 0 Å². The van der Waals surface area contributed by atoms with Crippen molar-refractivity contribution in [2.45, 2.75) is 19.8 Å². The van der Waals surface area contributed by atoms with Crippen molar-refractivity contribution in [3.8, 4) is 0 Å². The second-order valence-corrected chi connectivity index (χ2v) is 4.69. The van der Waals surface area contributed by atoms with Crippen molar-refractivity contribution < 1.29 is 50.9 Å². The van der Waals surface area contributed by atoms with Gasteiger partial charge in [-0.15, -0.1) is 0 Å². The molecule has 0 aromatic heterocycles. The first kappa shape index (κ1) is 23.7. The third-order valence-corrected chi connectivity index (χ3v) is 2.16. The molecule has 1 radical (unpaired) electrons. The molecule has 0 aliphatic heterocycles. The first-order valence-electron chi connectivity index (χ1n) is 5.25. The van der Waals surface area contributed by atoms with E-state index in [9.17, 15) is 8.76 Å². The number of halogens is 1. The number of hydrogen-bond acceptors (Lipinski definition) is 4. The molecule has 0 rings (SSSR count). The largest absolute Gasteiger partial charge is 0.772 e. The van der Waals surface area contributed by atoms with Gasteiger partial charge in [-0.3, -0.25) is 4.21 Å². The fraction of sp³-hybridized carbons (Fsp3) is 0.900. The Bertz CT molecular complexity index is 144. The molecule has 0 bridgehead atoms. The maximum Gasteiger partial charge on any atom is 0.0700 e. The van der Waals surface area contributed by atoms with Crippen LogP contribution in [0.2, 0.25) is 0 Å². The van der Waals surface area contributed by atoms with Gasteiger partial charge in [0.25, 0.3) is 0 Å². The van der Waals surface area contributed by atoms with Gasteiger partial charge in [0.15, 0.2) is 0 Å². The van der Waals surface area contributed by atoms with Crippen LogP contribution in [0.25, 0.3) is 0 Å². The van der Waals surface area contributed by atoms with Crippen LogP contribution in [0, 0.1) is 6.92 Å². The Labute approximate surface area is 141 Å². The van der Waals surface area contributed by atoms with Gasteiger partial charge in [-0.25, -0.2) is 0 Å². The summed E-state index contributed by atoms with van der Waals surface area (Å²) < 4.78 is 29.2. The van der Waals surface area contributed by atoms with Gasteiger partial charge >= 0.3 is 0 Å². The van der Waals surface area contributed by atoms with Crippen LogP contribution in [0.15, 0.2) is 0 Å². The van der Waals surface area contributed by atoms with Gasteiger partial charge < -0.3 is 21.0 Å². The van der Waals surface area contributed by atoms with Crippen LogP contribution in [0.3, 0.4) is 0 Å². The second kappa shape index (κ2) is 22.8. The summed E-state index contributed by atoms with van der Waals surface area (Å²) in [7, 11) is 0. The van der Waals surface area contributed by atoms with E-state index in [1.807, 2.05) is 0 Å². The Morgan fingerprint density at radius 2 is 1.71 bits per heavy atom. The van der Waals surface area contributed by atoms with Crippen LogP contribution in [0.1, 0.15) is 19.8 Å². The molecule has 0 aromatic carbocycles. The van der Waals surface area contributed by atoms with Gasteiger partial charge in [0, 0.05) is 50.4 Å². The molecule has 0 fully saturated rings. The second-order valence-electron chi connectivity index (χ2n) is 2.71. The van der Waals surface area contributed by atoms with Crippen molar-refractivity contribution in [3.05, 3.63) is 6.92 Å². The third-order valence-electron chi connectivity index (χ3n) is 1.37. The predicted octanol–water partition coefficient (Wildman–Crippen LogP) is 1.91. The Morgan fingerprint density at radius 1 is 1.24 bits per heavy atom. The molecular formula is C10H21BrO4SY-2. The van der Waals surface area contributed by atoms with E-state index in [-0.39, 0.29) is 38.5 Å². The molecule has 0 aliphatic rings. The number of unbranched alkanes of at least 4 members (excludes halogenated alkanes) is 1. The fourth-order valence-corrected chi connectivity index (χ4v) is 0.810. The van der Waals surface area contributed by atoms with Gasteiger partial charge in [0.2, 0.25) is 0 Å². The number of ether oxygens (including phenoxy) is 2. The summed E-state index contributed by atoms with van der Waals surface area (Å²) in [5.41, 5.74) is 0. The Balaban J connectivity index is -0.000000280. The molecule has 1 atom stereocenters. The summed E-state index contributed by atoms with van der Waals surface area (Å²) >= 11 is 1.45. The minimum Gasteiger partial charge on any atom is -0.772 e. The summed E-state index contributed by atoms with van der Waals surface area (Å²) in [6, 6.07) is 0. The summed E-state index contributed by atoms with van der Waals surface area (Å²) in [5.74, 6) is 0.222. The van der Waals surface area contributed by atoms with Crippen molar-refractivity contribution in [1.29, 1.82) is 0 Å². The molecule has 0 aromatic rings. The molecule has 4 nitrogen and oxygen atoms in total. The topological polar surface area (TPSA) is 58.6 Å². The van der Waals surface area contributed by atoms with E-state index in [0.29, 0.717) is 13.2 Å². The molecule has 0 saturated heterocycles. The first-order chi connectivity index (χ1) is 7.68. The zero-order valence-electron chi connectivity index (χ0n) is 10.4. The minimum atomic E-state index is -1.82. The standard InChI is InChI=1S/C8H16BrO2.C2H6O2S.Y/c1-2-3-5-10-7-8-11-6-4-9;1-2-5(3)4;/h1-8H2;2H2,1H3,(H,3,4);/q-1;;/p-1. The molecule has 1 unspecified atom stereocenters. The van der Waals surface area contributed by atoms with Crippen molar-refractivity contribution in [2.24, 2.45) is 0 Å². The van der Waals surface area contributed by atoms with E-state index in [4.69, 9.17) is 9.47 Å². The van der Waals surface area contributed by atoms with Crippen molar-refractivity contribution in [1.82, 2.24) is 0 Å². The van der Waals surface area contributed by atoms with E-state index >= 15 is 0 Å². The average molecular weight is 406 g/mol. The van der Waals surface area contributed by atoms with Gasteiger partial charge in [0.05, 0.1) is 19.8 Å². The average Bonchev–Trinajstić information content (AvgIpc) is 2.29. The van der Waals surface area contributed by atoms with Crippen LogP contribution >= 0.6 is 15.9 Å². The molecule has 17 heavy (non-hydrogen) atoms. The van der Waals surface area contributed by atoms with Crippen LogP contribution in [0.4, 0.5) is 0 Å². The Morgan fingerprint density at radius 3 is 2.06 bits per heavy atom. The SMILES string of the molecule is CCS(=O)[O-].[CH2-]CCCOCCOCCBr.[Y]. The summed E-state index contributed by atoms with van der Waals surface area (Å²) in [6.45, 7) is 8.27. The minimum absolute atomic E-state index is 0. The molecule has 7 heteroatoms. The van der Waals surface area contributed by atoms with E-state index in [1.54, 1.807) is 6.92 Å². The number of rotatable bonds is 9. The van der Waals surface area contributed by atoms with Crippen molar-refractivity contribution >= 4 is 27.0 Å². The molecule has 0 heterocycles. The van der Waals surface area contributed by atoms with E-state index in [0.717, 1.165) is 31.4 Å². The maximum absolute atomic E-state index is 9.37. The predicted molar refractivity (Wildman–Crippen MR) is 69.5 cm³/mol. The fourth-order valence-electron chi connectivity index (χ4n) is 0.581. The number of alkyl halides is 1. The van der Waals surface area contributed by atoms with Crippen LogP contribution in [-0.4, -0.2) is 46.3 Å². The molecule has 103 valence electrons. The molecule has 0 amide bonds. The Kier molecular flexibility index (Phi) is 31.7. The Hall–Kier alpha value is 1.61. The van der Waals surface area contributed by atoms with E-state index in [2.05, 4.69) is 22.9 Å². The van der Waals surface area contributed by atoms with Crippen LogP contribution in [0.5, 0.6) is 0 Å². The van der Waals surface area contributed by atoms with Crippen molar-refractivity contribution in [3.63, 3.8) is 0 Å². The molecule has 0 saturated carbocycles. The monoisotopic (exact) mass is 405 g/mol. The van der Waals surface area contributed by atoms with Crippen LogP contribution in [-0.2, 0) is 53.3 Å². The van der Waals surface area contributed by atoms with Crippen molar-refractivity contribution in [2.75, 3.05) is 37.5 Å². The molecule has 0 spiro atoms. The van der Waals surface area contributed by atoms with Crippen LogP contribution < -0.4 is 0 Å². The normalized spacial score (nSPS) is 11.1. The van der Waals surface area contributed by atoms with Gasteiger partial charge in [-0.2, -0.15) is 6.42 Å². The molecule has 0 aliphatic carbocycles. The molecular weight excluding hydrogens is 385 g/mol. The maximum atomic E-state index is 9.37. The zero-order chi connectivity index (χ0) is 12.6. The summed E-state index contributed by atoms with van der Waals surface area (Å²) in [4.78, 5) is 0. The third kappa shape index (κ3) is 31.8. The first-order valence-corrected chi connectivity index (χ1v) is 7.62. The quantitative estimate of drug-likeness (QED) is 0.254. The number of hydrogen-bond donors (Lipinski definition) is 0. The van der Waals surface area contributed by atoms with E-state index < -0.39 is 11.1 Å². The zero-order valence-corrected chi connectivity index (χ0v) is 15.6. The summed E-state index contributed by atoms with van der Waals surface area (Å²) in [6.07, 6.45) is 1.99. The van der Waals surface area contributed by atoms with Gasteiger partial charge in [-0.1, -0.05) is 40.4 Å². The smallest absolute Gasteiger partial charge is 0.0700 e. The summed E-state index contributed by atoms with van der Waals surface area (Å²) in [5, 5.41) is 0.895. The molecule has 0 N–H and O–H groups in total.